The molecule has 0 saturated carbocycles. The van der Waals surface area contributed by atoms with Crippen LogP contribution in [0.25, 0.3) is 0 Å². The Labute approximate surface area is 165 Å². The van der Waals surface area contributed by atoms with E-state index in [1.165, 1.54) is 0 Å². The van der Waals surface area contributed by atoms with Crippen molar-refractivity contribution in [1.82, 2.24) is 15.3 Å². The summed E-state index contributed by atoms with van der Waals surface area (Å²) in [6.07, 6.45) is 4.10. The minimum Gasteiger partial charge on any atom is -0.340 e. The molecule has 1 aromatic carbocycles. The van der Waals surface area contributed by atoms with Crippen molar-refractivity contribution in [1.29, 1.82) is 0 Å². The normalized spacial score (nSPS) is 14.5. The lowest BCUT2D eigenvalue weighted by Crippen LogP contribution is -2.50. The molecule has 1 saturated heterocycles. The summed E-state index contributed by atoms with van der Waals surface area (Å²) < 4.78 is 0. The molecule has 8 nitrogen and oxygen atoms in total. The molecule has 0 unspecified atom stereocenters. The number of rotatable bonds is 10. The third-order valence-electron chi connectivity index (χ3n) is 4.82. The molecule has 28 heavy (non-hydrogen) atoms. The molecule has 154 valence electrons. The molecule has 0 atom stereocenters. The Morgan fingerprint density at radius 3 is 2.14 bits per heavy atom. The first-order chi connectivity index (χ1) is 13.6. The molecule has 1 fully saturated rings. The van der Waals surface area contributed by atoms with Gasteiger partial charge in [-0.3, -0.25) is 24.5 Å². The van der Waals surface area contributed by atoms with Crippen molar-refractivity contribution in [3.8, 4) is 0 Å². The second kappa shape index (κ2) is 12.1. The van der Waals surface area contributed by atoms with Crippen LogP contribution >= 0.6 is 0 Å². The van der Waals surface area contributed by atoms with Crippen LogP contribution in [-0.4, -0.2) is 65.5 Å². The van der Waals surface area contributed by atoms with Crippen LogP contribution in [0.1, 0.15) is 38.5 Å². The summed E-state index contributed by atoms with van der Waals surface area (Å²) >= 11 is 0. The van der Waals surface area contributed by atoms with E-state index in [1.807, 2.05) is 35.2 Å². The summed E-state index contributed by atoms with van der Waals surface area (Å²) in [5.41, 5.74) is 2.41. The fourth-order valence-electron chi connectivity index (χ4n) is 3.21. The molecule has 8 heteroatoms. The lowest BCUT2D eigenvalue weighted by atomic mass is 10.1. The number of carbonyl (C=O) groups excluding carboxylic acids is 3. The Balaban J connectivity index is 1.56. The Bertz CT molecular complexity index is 630. The molecule has 3 N–H and O–H groups in total. The number of nitrogens with one attached hydrogen (secondary N) is 2. The molecule has 0 radical (unpaired) electrons. The molecule has 1 aliphatic heterocycles. The third kappa shape index (κ3) is 8.06. The SMILES string of the molecule is O=C(CCCCCCC(=O)N1CCN(CC(=O)Nc2ccccc2)CC1)NO. The van der Waals surface area contributed by atoms with Crippen LogP contribution in [0.2, 0.25) is 0 Å². The van der Waals surface area contributed by atoms with Gasteiger partial charge in [0, 0.05) is 44.7 Å². The third-order valence-corrected chi connectivity index (χ3v) is 4.82. The number of carbonyl (C=O) groups is 3. The molecular weight excluding hydrogens is 360 g/mol. The van der Waals surface area contributed by atoms with Gasteiger partial charge >= 0.3 is 0 Å². The fourth-order valence-corrected chi connectivity index (χ4v) is 3.21. The maximum absolute atomic E-state index is 12.3. The van der Waals surface area contributed by atoms with Gasteiger partial charge in [-0.25, -0.2) is 5.48 Å². The Hall–Kier alpha value is -2.45. The molecule has 0 spiro atoms. The van der Waals surface area contributed by atoms with Gasteiger partial charge in [-0.1, -0.05) is 31.0 Å². The van der Waals surface area contributed by atoms with Crippen molar-refractivity contribution >= 4 is 23.4 Å². The van der Waals surface area contributed by atoms with E-state index in [4.69, 9.17) is 5.21 Å². The molecule has 0 bridgehead atoms. The largest absolute Gasteiger partial charge is 0.340 e. The summed E-state index contributed by atoms with van der Waals surface area (Å²) in [6, 6.07) is 9.38. The predicted octanol–water partition coefficient (Wildman–Crippen LogP) is 1.62. The molecule has 0 aliphatic carbocycles. The second-order valence-corrected chi connectivity index (χ2v) is 7.02. The van der Waals surface area contributed by atoms with Gasteiger partial charge in [0.1, 0.15) is 0 Å². The van der Waals surface area contributed by atoms with Gasteiger partial charge in [-0.15, -0.1) is 0 Å². The van der Waals surface area contributed by atoms with E-state index >= 15 is 0 Å². The molecule has 1 aromatic rings. The summed E-state index contributed by atoms with van der Waals surface area (Å²) in [6.45, 7) is 3.02. The standard InChI is InChI=1S/C20H30N4O4/c25-18(22-28)10-6-1-2-7-11-20(27)24-14-12-23(13-15-24)16-19(26)21-17-8-4-3-5-9-17/h3-5,8-9,28H,1-2,6-7,10-16H2,(H,21,26)(H,22,25). The van der Waals surface area contributed by atoms with Gasteiger partial charge in [-0.05, 0) is 25.0 Å². The topological polar surface area (TPSA) is 102 Å². The maximum Gasteiger partial charge on any atom is 0.243 e. The van der Waals surface area contributed by atoms with Crippen molar-refractivity contribution in [3.05, 3.63) is 30.3 Å². The highest BCUT2D eigenvalue weighted by atomic mass is 16.5. The molecule has 1 heterocycles. The van der Waals surface area contributed by atoms with Gasteiger partial charge in [0.25, 0.3) is 0 Å². The van der Waals surface area contributed by atoms with Gasteiger partial charge in [0.05, 0.1) is 6.54 Å². The van der Waals surface area contributed by atoms with Gasteiger partial charge in [0.15, 0.2) is 0 Å². The minimum absolute atomic E-state index is 0.0409. The molecule has 2 rings (SSSR count). The number of nitrogens with zero attached hydrogens (tertiary/aromatic N) is 2. The lowest BCUT2D eigenvalue weighted by Gasteiger charge is -2.34. The van der Waals surface area contributed by atoms with Crippen molar-refractivity contribution in [2.75, 3.05) is 38.0 Å². The first kappa shape index (κ1) is 21.8. The van der Waals surface area contributed by atoms with Crippen LogP contribution in [0.5, 0.6) is 0 Å². The number of hydrogen-bond acceptors (Lipinski definition) is 5. The smallest absolute Gasteiger partial charge is 0.243 e. The van der Waals surface area contributed by atoms with E-state index < -0.39 is 0 Å². The van der Waals surface area contributed by atoms with Crippen molar-refractivity contribution in [3.63, 3.8) is 0 Å². The summed E-state index contributed by atoms with van der Waals surface area (Å²) in [5, 5.41) is 11.3. The van der Waals surface area contributed by atoms with Crippen molar-refractivity contribution in [2.24, 2.45) is 0 Å². The average molecular weight is 390 g/mol. The molecule has 3 amide bonds. The number of anilines is 1. The first-order valence-electron chi connectivity index (χ1n) is 9.86. The van der Waals surface area contributed by atoms with E-state index in [1.54, 1.807) is 5.48 Å². The highest BCUT2D eigenvalue weighted by molar-refractivity contribution is 5.92. The molecular formula is C20H30N4O4. The maximum atomic E-state index is 12.3. The summed E-state index contributed by atoms with van der Waals surface area (Å²) in [4.78, 5) is 39.2. The van der Waals surface area contributed by atoms with Gasteiger partial charge in [-0.2, -0.15) is 0 Å². The van der Waals surface area contributed by atoms with Gasteiger partial charge in [0.2, 0.25) is 17.7 Å². The lowest BCUT2D eigenvalue weighted by molar-refractivity contribution is -0.133. The first-order valence-corrected chi connectivity index (χ1v) is 9.86. The number of unbranched alkanes of at least 4 members (excludes halogenated alkanes) is 3. The summed E-state index contributed by atoms with van der Waals surface area (Å²) in [7, 11) is 0. The zero-order chi connectivity index (χ0) is 20.2. The van der Waals surface area contributed by atoms with Crippen LogP contribution in [0.3, 0.4) is 0 Å². The van der Waals surface area contributed by atoms with E-state index in [9.17, 15) is 14.4 Å². The number of benzene rings is 1. The average Bonchev–Trinajstić information content (AvgIpc) is 2.71. The fraction of sp³-hybridized carbons (Fsp3) is 0.550. The van der Waals surface area contributed by atoms with Crippen LogP contribution in [-0.2, 0) is 14.4 Å². The quantitative estimate of drug-likeness (QED) is 0.320. The Kier molecular flexibility index (Phi) is 9.44. The van der Waals surface area contributed by atoms with E-state index in [0.717, 1.165) is 24.9 Å². The monoisotopic (exact) mass is 390 g/mol. The predicted molar refractivity (Wildman–Crippen MR) is 106 cm³/mol. The molecule has 0 aromatic heterocycles. The van der Waals surface area contributed by atoms with Crippen LogP contribution in [0.15, 0.2) is 30.3 Å². The number of hydrogen-bond donors (Lipinski definition) is 3. The van der Waals surface area contributed by atoms with E-state index in [2.05, 4.69) is 10.2 Å². The number of para-hydroxylation sites is 1. The van der Waals surface area contributed by atoms with Gasteiger partial charge < -0.3 is 10.2 Å². The summed E-state index contributed by atoms with van der Waals surface area (Å²) in [5.74, 6) is -0.256. The zero-order valence-electron chi connectivity index (χ0n) is 16.2. The second-order valence-electron chi connectivity index (χ2n) is 7.02. The highest BCUT2D eigenvalue weighted by Gasteiger charge is 2.22. The minimum atomic E-state index is -0.369. The van der Waals surface area contributed by atoms with Crippen LogP contribution < -0.4 is 10.8 Å². The van der Waals surface area contributed by atoms with E-state index in [0.29, 0.717) is 52.0 Å². The zero-order valence-corrected chi connectivity index (χ0v) is 16.2. The van der Waals surface area contributed by atoms with Crippen molar-refractivity contribution < 1.29 is 19.6 Å². The Morgan fingerprint density at radius 1 is 0.857 bits per heavy atom. The van der Waals surface area contributed by atoms with Crippen LogP contribution in [0.4, 0.5) is 5.69 Å². The number of amides is 3. The Morgan fingerprint density at radius 2 is 1.50 bits per heavy atom. The highest BCUT2D eigenvalue weighted by Crippen LogP contribution is 2.10. The number of piperazine rings is 1. The van der Waals surface area contributed by atoms with Crippen molar-refractivity contribution in [2.45, 2.75) is 38.5 Å². The van der Waals surface area contributed by atoms with Crippen LogP contribution in [0, 0.1) is 0 Å². The molecule has 1 aliphatic rings. The van der Waals surface area contributed by atoms with E-state index in [-0.39, 0.29) is 17.7 Å². The number of hydroxylamine groups is 1.